The van der Waals surface area contributed by atoms with Crippen molar-refractivity contribution in [1.29, 1.82) is 0 Å². The molecule has 3 N–H and O–H groups in total. The van der Waals surface area contributed by atoms with Crippen LogP contribution in [0.25, 0.3) is 0 Å². The van der Waals surface area contributed by atoms with Crippen LogP contribution in [-0.4, -0.2) is 28.2 Å². The number of fused-ring (bicyclic) bond motifs is 1. The van der Waals surface area contributed by atoms with Gasteiger partial charge in [-0.3, -0.25) is 4.79 Å². The van der Waals surface area contributed by atoms with Gasteiger partial charge < -0.3 is 24.8 Å². The maximum Gasteiger partial charge on any atom is 0.201 e. The van der Waals surface area contributed by atoms with Crippen molar-refractivity contribution in [2.75, 3.05) is 7.11 Å². The summed E-state index contributed by atoms with van der Waals surface area (Å²) in [6.45, 7) is 0. The topological polar surface area (TPSA) is 96.2 Å². The standard InChI is InChI=1S/C16H14O6/c1-21-9-4-2-8(3-5-9)13-7-11(18)14-10(17)6-12(19)15(20)16(14)22-13/h2-6,13,17,19-20H,7H2,1H3. The first kappa shape index (κ1) is 14.1. The number of hydrogen-bond acceptors (Lipinski definition) is 6. The van der Waals surface area contributed by atoms with Crippen molar-refractivity contribution in [3.8, 4) is 28.7 Å². The number of Topliss-reactive ketones (excluding diaryl/α,β-unsaturated/α-hetero) is 1. The highest BCUT2D eigenvalue weighted by molar-refractivity contribution is 6.03. The van der Waals surface area contributed by atoms with Gasteiger partial charge in [-0.05, 0) is 17.7 Å². The predicted octanol–water partition coefficient (Wildman–Crippen LogP) is 2.52. The number of ketones is 1. The number of aromatic hydroxyl groups is 3. The van der Waals surface area contributed by atoms with Gasteiger partial charge in [0, 0.05) is 6.07 Å². The van der Waals surface area contributed by atoms with Gasteiger partial charge >= 0.3 is 0 Å². The number of carbonyl (C=O) groups excluding carboxylic acids is 1. The molecule has 0 aromatic heterocycles. The molecule has 0 spiro atoms. The van der Waals surface area contributed by atoms with Crippen molar-refractivity contribution in [3.05, 3.63) is 41.5 Å². The fourth-order valence-corrected chi connectivity index (χ4v) is 2.46. The number of ether oxygens (including phenoxy) is 2. The lowest BCUT2D eigenvalue weighted by Crippen LogP contribution is -2.20. The van der Waals surface area contributed by atoms with Crippen molar-refractivity contribution in [1.82, 2.24) is 0 Å². The minimum atomic E-state index is -0.613. The van der Waals surface area contributed by atoms with E-state index in [1.807, 2.05) is 0 Å². The summed E-state index contributed by atoms with van der Waals surface area (Å²) in [6.07, 6.45) is -0.588. The van der Waals surface area contributed by atoms with E-state index < -0.39 is 23.4 Å². The number of phenolic OH excluding ortho intramolecular Hbond substituents is 3. The Balaban J connectivity index is 2.01. The van der Waals surface area contributed by atoms with Crippen molar-refractivity contribution >= 4 is 5.78 Å². The van der Waals surface area contributed by atoms with E-state index in [-0.39, 0.29) is 23.5 Å². The van der Waals surface area contributed by atoms with E-state index in [0.29, 0.717) is 5.75 Å². The van der Waals surface area contributed by atoms with Gasteiger partial charge in [-0.2, -0.15) is 0 Å². The molecule has 2 aromatic carbocycles. The van der Waals surface area contributed by atoms with Gasteiger partial charge in [0.25, 0.3) is 0 Å². The normalized spacial score (nSPS) is 16.8. The summed E-state index contributed by atoms with van der Waals surface area (Å²) in [7, 11) is 1.55. The number of phenols is 3. The summed E-state index contributed by atoms with van der Waals surface area (Å²) >= 11 is 0. The zero-order chi connectivity index (χ0) is 15.9. The van der Waals surface area contributed by atoms with Gasteiger partial charge in [0.2, 0.25) is 5.75 Å². The van der Waals surface area contributed by atoms with Crippen LogP contribution in [0.1, 0.15) is 28.4 Å². The Morgan fingerprint density at radius 2 is 1.82 bits per heavy atom. The van der Waals surface area contributed by atoms with Crippen molar-refractivity contribution in [2.45, 2.75) is 12.5 Å². The van der Waals surface area contributed by atoms with Crippen LogP contribution in [0, 0.1) is 0 Å². The van der Waals surface area contributed by atoms with Crippen molar-refractivity contribution in [3.63, 3.8) is 0 Å². The number of benzene rings is 2. The molecule has 1 unspecified atom stereocenters. The van der Waals surface area contributed by atoms with Crippen LogP contribution in [0.4, 0.5) is 0 Å². The Kier molecular flexibility index (Phi) is 3.29. The molecule has 0 bridgehead atoms. The summed E-state index contributed by atoms with van der Waals surface area (Å²) in [6, 6.07) is 7.89. The summed E-state index contributed by atoms with van der Waals surface area (Å²) in [5.41, 5.74) is 0.613. The third-order valence-electron chi connectivity index (χ3n) is 3.61. The van der Waals surface area contributed by atoms with E-state index in [1.165, 1.54) is 0 Å². The van der Waals surface area contributed by atoms with E-state index in [4.69, 9.17) is 9.47 Å². The molecule has 6 heteroatoms. The molecule has 0 saturated heterocycles. The molecule has 1 aliphatic heterocycles. The lowest BCUT2D eigenvalue weighted by atomic mass is 9.95. The smallest absolute Gasteiger partial charge is 0.201 e. The summed E-state index contributed by atoms with van der Waals surface area (Å²) in [4.78, 5) is 12.2. The maximum atomic E-state index is 12.2. The first-order valence-corrected chi connectivity index (χ1v) is 6.63. The lowest BCUT2D eigenvalue weighted by Gasteiger charge is -2.26. The zero-order valence-electron chi connectivity index (χ0n) is 11.7. The van der Waals surface area contributed by atoms with Crippen LogP contribution in [0.2, 0.25) is 0 Å². The summed E-state index contributed by atoms with van der Waals surface area (Å²) in [5.74, 6) is -1.41. The quantitative estimate of drug-likeness (QED) is 0.582. The first-order valence-electron chi connectivity index (χ1n) is 6.63. The van der Waals surface area contributed by atoms with Crippen LogP contribution in [-0.2, 0) is 0 Å². The molecule has 6 nitrogen and oxygen atoms in total. The van der Waals surface area contributed by atoms with Gasteiger partial charge in [-0.25, -0.2) is 0 Å². The summed E-state index contributed by atoms with van der Waals surface area (Å²) in [5, 5.41) is 29.2. The second kappa shape index (κ2) is 5.14. The van der Waals surface area contributed by atoms with Crippen LogP contribution in [0.15, 0.2) is 30.3 Å². The first-order chi connectivity index (χ1) is 10.5. The van der Waals surface area contributed by atoms with Crippen LogP contribution < -0.4 is 9.47 Å². The monoisotopic (exact) mass is 302 g/mol. The molecular weight excluding hydrogens is 288 g/mol. The average molecular weight is 302 g/mol. The van der Waals surface area contributed by atoms with Crippen LogP contribution in [0.3, 0.4) is 0 Å². The highest BCUT2D eigenvalue weighted by atomic mass is 16.5. The fraction of sp³-hybridized carbons (Fsp3) is 0.188. The SMILES string of the molecule is COc1ccc(C2CC(=O)c3c(O)cc(O)c(O)c3O2)cc1. The molecule has 0 saturated carbocycles. The largest absolute Gasteiger partial charge is 0.507 e. The predicted molar refractivity (Wildman–Crippen MR) is 76.7 cm³/mol. The average Bonchev–Trinajstić information content (AvgIpc) is 2.52. The van der Waals surface area contributed by atoms with E-state index in [0.717, 1.165) is 11.6 Å². The van der Waals surface area contributed by atoms with E-state index in [1.54, 1.807) is 31.4 Å². The minimum absolute atomic E-state index is 0.0249. The Hall–Kier alpha value is -2.89. The van der Waals surface area contributed by atoms with Gasteiger partial charge in [-0.15, -0.1) is 0 Å². The molecule has 22 heavy (non-hydrogen) atoms. The van der Waals surface area contributed by atoms with Crippen LogP contribution in [0.5, 0.6) is 28.7 Å². The molecule has 1 aliphatic rings. The van der Waals surface area contributed by atoms with Gasteiger partial charge in [0.05, 0.1) is 13.5 Å². The zero-order valence-corrected chi connectivity index (χ0v) is 11.7. The third kappa shape index (κ3) is 2.18. The Bertz CT molecular complexity index is 735. The molecule has 1 atom stereocenters. The van der Waals surface area contributed by atoms with Crippen molar-refractivity contribution < 1.29 is 29.6 Å². The number of hydrogen-bond donors (Lipinski definition) is 3. The minimum Gasteiger partial charge on any atom is -0.507 e. The molecule has 114 valence electrons. The number of carbonyl (C=O) groups is 1. The number of methoxy groups -OCH3 is 1. The van der Waals surface area contributed by atoms with E-state index >= 15 is 0 Å². The molecular formula is C16H14O6. The Morgan fingerprint density at radius 1 is 1.14 bits per heavy atom. The van der Waals surface area contributed by atoms with Gasteiger partial charge in [0.1, 0.15) is 23.2 Å². The maximum absolute atomic E-state index is 12.2. The van der Waals surface area contributed by atoms with Gasteiger partial charge in [-0.1, -0.05) is 12.1 Å². The second-order valence-electron chi connectivity index (χ2n) is 4.97. The van der Waals surface area contributed by atoms with Gasteiger partial charge in [0.15, 0.2) is 17.3 Å². The Morgan fingerprint density at radius 3 is 2.45 bits per heavy atom. The number of rotatable bonds is 2. The highest BCUT2D eigenvalue weighted by Crippen LogP contribution is 2.48. The molecule has 0 fully saturated rings. The second-order valence-corrected chi connectivity index (χ2v) is 4.97. The summed E-state index contributed by atoms with van der Waals surface area (Å²) < 4.78 is 10.7. The third-order valence-corrected chi connectivity index (χ3v) is 3.61. The molecule has 0 amide bonds. The molecule has 3 rings (SSSR count). The van der Waals surface area contributed by atoms with E-state index in [9.17, 15) is 20.1 Å². The fourth-order valence-electron chi connectivity index (χ4n) is 2.46. The van der Waals surface area contributed by atoms with Crippen molar-refractivity contribution in [2.24, 2.45) is 0 Å². The lowest BCUT2D eigenvalue weighted by molar-refractivity contribution is 0.0836. The molecule has 2 aromatic rings. The van der Waals surface area contributed by atoms with Crippen LogP contribution >= 0.6 is 0 Å². The molecule has 0 aliphatic carbocycles. The Labute approximate surface area is 126 Å². The molecule has 1 heterocycles. The van der Waals surface area contributed by atoms with E-state index in [2.05, 4.69) is 0 Å². The molecule has 0 radical (unpaired) electrons. The highest BCUT2D eigenvalue weighted by Gasteiger charge is 2.33.